The summed E-state index contributed by atoms with van der Waals surface area (Å²) in [6.45, 7) is 0. The minimum atomic E-state index is 0.00250. The summed E-state index contributed by atoms with van der Waals surface area (Å²) in [7, 11) is 0. The van der Waals surface area contributed by atoms with Crippen molar-refractivity contribution in [1.82, 2.24) is 9.97 Å². The summed E-state index contributed by atoms with van der Waals surface area (Å²) >= 11 is 0. The SMILES string of the molecule is O=Cc1cnc(C2(c3ccccc3)CCC2)[nH]1. The summed E-state index contributed by atoms with van der Waals surface area (Å²) in [5.41, 5.74) is 1.85. The number of hydrogen-bond acceptors (Lipinski definition) is 2. The smallest absolute Gasteiger partial charge is 0.167 e. The molecule has 1 heterocycles. The van der Waals surface area contributed by atoms with Crippen molar-refractivity contribution in [2.24, 2.45) is 0 Å². The first-order valence-corrected chi connectivity index (χ1v) is 5.91. The summed E-state index contributed by atoms with van der Waals surface area (Å²) in [6.07, 6.45) is 5.84. The lowest BCUT2D eigenvalue weighted by Gasteiger charge is -2.40. The fourth-order valence-electron chi connectivity index (χ4n) is 2.59. The predicted molar refractivity (Wildman–Crippen MR) is 65.0 cm³/mol. The number of carbonyl (C=O) groups excluding carboxylic acids is 1. The number of aldehydes is 1. The standard InChI is InChI=1S/C14H14N2O/c17-10-12-9-15-13(16-12)14(7-4-8-14)11-5-2-1-3-6-11/h1-3,5-6,9-10H,4,7-8H2,(H,15,16). The molecule has 0 amide bonds. The highest BCUT2D eigenvalue weighted by Gasteiger charge is 2.42. The van der Waals surface area contributed by atoms with Crippen molar-refractivity contribution in [3.05, 3.63) is 53.6 Å². The van der Waals surface area contributed by atoms with Crippen molar-refractivity contribution in [3.8, 4) is 0 Å². The zero-order valence-corrected chi connectivity index (χ0v) is 9.52. The number of H-pyrrole nitrogens is 1. The third-order valence-electron chi connectivity index (χ3n) is 3.71. The van der Waals surface area contributed by atoms with E-state index in [1.807, 2.05) is 6.07 Å². The molecule has 0 atom stereocenters. The molecule has 2 aromatic rings. The van der Waals surface area contributed by atoms with Crippen LogP contribution in [0.1, 0.15) is 41.1 Å². The zero-order chi connectivity index (χ0) is 11.7. The van der Waals surface area contributed by atoms with Gasteiger partial charge in [0, 0.05) is 0 Å². The minimum Gasteiger partial charge on any atom is -0.339 e. The van der Waals surface area contributed by atoms with Crippen LogP contribution in [0.5, 0.6) is 0 Å². The average Bonchev–Trinajstić information content (AvgIpc) is 2.78. The maximum atomic E-state index is 10.7. The van der Waals surface area contributed by atoms with E-state index in [0.29, 0.717) is 5.69 Å². The van der Waals surface area contributed by atoms with Gasteiger partial charge in [-0.15, -0.1) is 0 Å². The molecule has 0 radical (unpaired) electrons. The van der Waals surface area contributed by atoms with Crippen molar-refractivity contribution in [2.45, 2.75) is 24.7 Å². The second-order valence-corrected chi connectivity index (χ2v) is 4.61. The van der Waals surface area contributed by atoms with Crippen LogP contribution in [-0.2, 0) is 5.41 Å². The van der Waals surface area contributed by atoms with Gasteiger partial charge in [0.2, 0.25) is 0 Å². The van der Waals surface area contributed by atoms with E-state index in [-0.39, 0.29) is 5.41 Å². The summed E-state index contributed by atoms with van der Waals surface area (Å²) < 4.78 is 0. The van der Waals surface area contributed by atoms with Crippen molar-refractivity contribution >= 4 is 6.29 Å². The molecule has 1 aromatic heterocycles. The highest BCUT2D eigenvalue weighted by Crippen LogP contribution is 2.47. The largest absolute Gasteiger partial charge is 0.339 e. The van der Waals surface area contributed by atoms with E-state index in [2.05, 4.69) is 34.2 Å². The van der Waals surface area contributed by atoms with Gasteiger partial charge in [-0.1, -0.05) is 36.8 Å². The van der Waals surface area contributed by atoms with Crippen LogP contribution in [0.4, 0.5) is 0 Å². The van der Waals surface area contributed by atoms with Crippen molar-refractivity contribution in [2.75, 3.05) is 0 Å². The van der Waals surface area contributed by atoms with Crippen LogP contribution in [0.15, 0.2) is 36.5 Å². The molecule has 1 N–H and O–H groups in total. The van der Waals surface area contributed by atoms with Crippen LogP contribution < -0.4 is 0 Å². The Hall–Kier alpha value is -1.90. The Morgan fingerprint density at radius 1 is 1.24 bits per heavy atom. The van der Waals surface area contributed by atoms with Gasteiger partial charge in [-0.05, 0) is 18.4 Å². The van der Waals surface area contributed by atoms with Crippen LogP contribution in [0, 0.1) is 0 Å². The lowest BCUT2D eigenvalue weighted by atomic mass is 9.64. The number of nitrogens with zero attached hydrogens (tertiary/aromatic N) is 1. The number of rotatable bonds is 3. The van der Waals surface area contributed by atoms with Crippen LogP contribution in [-0.4, -0.2) is 16.3 Å². The Balaban J connectivity index is 2.05. The number of aromatic nitrogens is 2. The maximum Gasteiger partial charge on any atom is 0.167 e. The number of aromatic amines is 1. The Morgan fingerprint density at radius 2 is 2.00 bits per heavy atom. The van der Waals surface area contributed by atoms with Gasteiger partial charge in [0.25, 0.3) is 0 Å². The third kappa shape index (κ3) is 1.50. The van der Waals surface area contributed by atoms with E-state index in [9.17, 15) is 4.79 Å². The van der Waals surface area contributed by atoms with Crippen molar-refractivity contribution < 1.29 is 4.79 Å². The summed E-state index contributed by atoms with van der Waals surface area (Å²) in [5, 5.41) is 0. The van der Waals surface area contributed by atoms with Gasteiger partial charge in [0.15, 0.2) is 6.29 Å². The quantitative estimate of drug-likeness (QED) is 0.818. The molecule has 17 heavy (non-hydrogen) atoms. The molecule has 0 bridgehead atoms. The van der Waals surface area contributed by atoms with Crippen molar-refractivity contribution in [3.63, 3.8) is 0 Å². The summed E-state index contributed by atoms with van der Waals surface area (Å²) in [4.78, 5) is 18.2. The topological polar surface area (TPSA) is 45.8 Å². The Kier molecular flexibility index (Phi) is 2.32. The number of carbonyl (C=O) groups is 1. The zero-order valence-electron chi connectivity index (χ0n) is 9.52. The molecule has 1 aliphatic rings. The maximum absolute atomic E-state index is 10.7. The van der Waals surface area contributed by atoms with Gasteiger partial charge in [-0.25, -0.2) is 4.98 Å². The monoisotopic (exact) mass is 226 g/mol. The molecule has 0 saturated heterocycles. The number of hydrogen-bond donors (Lipinski definition) is 1. The normalized spacial score (nSPS) is 17.4. The van der Waals surface area contributed by atoms with E-state index in [0.717, 1.165) is 25.0 Å². The molecule has 1 fully saturated rings. The molecule has 0 aliphatic heterocycles. The predicted octanol–water partition coefficient (Wildman–Crippen LogP) is 2.69. The summed E-state index contributed by atoms with van der Waals surface area (Å²) in [6, 6.07) is 10.4. The molecule has 0 unspecified atom stereocenters. The first-order chi connectivity index (χ1) is 8.35. The molecule has 3 heteroatoms. The third-order valence-corrected chi connectivity index (χ3v) is 3.71. The van der Waals surface area contributed by atoms with E-state index in [4.69, 9.17) is 0 Å². The first-order valence-electron chi connectivity index (χ1n) is 5.91. The fraction of sp³-hybridized carbons (Fsp3) is 0.286. The highest BCUT2D eigenvalue weighted by atomic mass is 16.1. The van der Waals surface area contributed by atoms with Crippen LogP contribution >= 0.6 is 0 Å². The molecule has 1 aromatic carbocycles. The van der Waals surface area contributed by atoms with Crippen molar-refractivity contribution in [1.29, 1.82) is 0 Å². The second kappa shape index (κ2) is 3.84. The Morgan fingerprint density at radius 3 is 2.53 bits per heavy atom. The number of nitrogens with one attached hydrogen (secondary N) is 1. The van der Waals surface area contributed by atoms with Gasteiger partial charge in [-0.2, -0.15) is 0 Å². The molecule has 1 saturated carbocycles. The lowest BCUT2D eigenvalue weighted by molar-refractivity contribution is 0.111. The Labute approximate surface area is 99.9 Å². The Bertz CT molecular complexity index is 526. The van der Waals surface area contributed by atoms with Crippen LogP contribution in [0.2, 0.25) is 0 Å². The molecular weight excluding hydrogens is 212 g/mol. The number of benzene rings is 1. The molecule has 0 spiro atoms. The molecular formula is C14H14N2O. The van der Waals surface area contributed by atoms with E-state index >= 15 is 0 Å². The first kappa shape index (κ1) is 10.3. The van der Waals surface area contributed by atoms with Crippen LogP contribution in [0.3, 0.4) is 0 Å². The molecule has 3 rings (SSSR count). The van der Waals surface area contributed by atoms with Crippen LogP contribution in [0.25, 0.3) is 0 Å². The molecule has 3 nitrogen and oxygen atoms in total. The second-order valence-electron chi connectivity index (χ2n) is 4.61. The molecule has 1 aliphatic carbocycles. The fourth-order valence-corrected chi connectivity index (χ4v) is 2.59. The van der Waals surface area contributed by atoms with Gasteiger partial charge >= 0.3 is 0 Å². The van der Waals surface area contributed by atoms with E-state index in [1.165, 1.54) is 12.0 Å². The molecule has 86 valence electrons. The van der Waals surface area contributed by atoms with E-state index < -0.39 is 0 Å². The minimum absolute atomic E-state index is 0.00250. The van der Waals surface area contributed by atoms with Gasteiger partial charge in [-0.3, -0.25) is 4.79 Å². The van der Waals surface area contributed by atoms with Gasteiger partial charge in [0.05, 0.1) is 17.3 Å². The number of imidazole rings is 1. The van der Waals surface area contributed by atoms with Gasteiger partial charge in [0.1, 0.15) is 5.82 Å². The lowest BCUT2D eigenvalue weighted by Crippen LogP contribution is -2.36. The summed E-state index contributed by atoms with van der Waals surface area (Å²) in [5.74, 6) is 0.928. The van der Waals surface area contributed by atoms with E-state index in [1.54, 1.807) is 6.20 Å². The highest BCUT2D eigenvalue weighted by molar-refractivity contribution is 5.71. The average molecular weight is 226 g/mol. The van der Waals surface area contributed by atoms with Gasteiger partial charge < -0.3 is 4.98 Å².